The first-order chi connectivity index (χ1) is 16.1. The average molecular weight is 582 g/mol. The van der Waals surface area contributed by atoms with Crippen molar-refractivity contribution >= 4 is 60.7 Å². The number of aryl methyl sites for hydroxylation is 1. The van der Waals surface area contributed by atoms with Crippen LogP contribution >= 0.6 is 39.1 Å². The molecule has 5 nitrogen and oxygen atoms in total. The van der Waals surface area contributed by atoms with Gasteiger partial charge in [-0.05, 0) is 73.9 Å². The molecular weight excluding hydrogens is 559 g/mol. The van der Waals surface area contributed by atoms with Crippen molar-refractivity contribution < 1.29 is 13.2 Å². The molecule has 1 aliphatic heterocycles. The number of carbonyl (C=O) groups is 1. The molecule has 0 spiro atoms. The lowest BCUT2D eigenvalue weighted by atomic mass is 10.1. The largest absolute Gasteiger partial charge is 0.308 e. The summed E-state index contributed by atoms with van der Waals surface area (Å²) in [6.45, 7) is 3.46. The van der Waals surface area contributed by atoms with Gasteiger partial charge in [0.05, 0.1) is 11.4 Å². The van der Waals surface area contributed by atoms with Gasteiger partial charge in [-0.3, -0.25) is 4.79 Å². The third-order valence-corrected chi connectivity index (χ3v) is 8.74. The fourth-order valence-electron chi connectivity index (χ4n) is 4.13. The van der Waals surface area contributed by atoms with Gasteiger partial charge in [-0.25, -0.2) is 8.42 Å². The molecule has 0 N–H and O–H groups in total. The van der Waals surface area contributed by atoms with Crippen molar-refractivity contribution in [3.8, 4) is 0 Å². The number of nitrogens with zero attached hydrogens (tertiary/aromatic N) is 2. The van der Waals surface area contributed by atoms with Crippen LogP contribution in [0.5, 0.6) is 0 Å². The maximum absolute atomic E-state index is 13.6. The van der Waals surface area contributed by atoms with Gasteiger partial charge in [0.1, 0.15) is 0 Å². The first-order valence-electron chi connectivity index (χ1n) is 10.7. The minimum atomic E-state index is -3.98. The van der Waals surface area contributed by atoms with Gasteiger partial charge in [0, 0.05) is 32.8 Å². The summed E-state index contributed by atoms with van der Waals surface area (Å²) in [5, 5.41) is 0.792. The number of benzene rings is 3. The Morgan fingerprint density at radius 3 is 2.47 bits per heavy atom. The second-order valence-electron chi connectivity index (χ2n) is 8.41. The van der Waals surface area contributed by atoms with Crippen LogP contribution < -0.4 is 4.90 Å². The molecule has 0 radical (unpaired) electrons. The summed E-state index contributed by atoms with van der Waals surface area (Å²) in [6.07, 6.45) is 0.703. The molecule has 0 aliphatic carbocycles. The quantitative estimate of drug-likeness (QED) is 0.346. The summed E-state index contributed by atoms with van der Waals surface area (Å²) in [5.41, 5.74) is 3.35. The molecule has 0 bridgehead atoms. The SMILES string of the molecule is Cc1ccc(S(=O)(=O)N(CC(=O)N2c3ccc(Br)cc3CC2C)Cc2ccc(Cl)cc2Cl)cc1. The Morgan fingerprint density at radius 1 is 1.09 bits per heavy atom. The maximum atomic E-state index is 13.6. The fourth-order valence-corrected chi connectivity index (χ4v) is 6.38. The average Bonchev–Trinajstić information content (AvgIpc) is 3.10. The molecule has 0 aromatic heterocycles. The van der Waals surface area contributed by atoms with Gasteiger partial charge in [-0.1, -0.05) is 62.9 Å². The standard InChI is InChI=1S/C25H23BrCl2N2O3S/c1-16-3-8-22(9-4-16)34(32,33)29(14-18-5-7-21(27)13-23(18)28)15-25(31)30-17(2)11-19-12-20(26)6-10-24(19)30/h3-10,12-13,17H,11,14-15H2,1-2H3. The highest BCUT2D eigenvalue weighted by molar-refractivity contribution is 9.10. The lowest BCUT2D eigenvalue weighted by Gasteiger charge is -2.28. The second-order valence-corrected chi connectivity index (χ2v) is 12.1. The zero-order chi connectivity index (χ0) is 24.6. The third kappa shape index (κ3) is 5.19. The molecule has 1 unspecified atom stereocenters. The molecule has 34 heavy (non-hydrogen) atoms. The van der Waals surface area contributed by atoms with E-state index in [0.717, 1.165) is 21.3 Å². The Hall–Kier alpha value is -1.90. The highest BCUT2D eigenvalue weighted by atomic mass is 79.9. The first-order valence-corrected chi connectivity index (χ1v) is 13.7. The normalized spacial score (nSPS) is 15.6. The van der Waals surface area contributed by atoms with Crippen LogP contribution in [0.25, 0.3) is 0 Å². The Balaban J connectivity index is 1.69. The van der Waals surface area contributed by atoms with E-state index in [4.69, 9.17) is 23.2 Å². The summed E-state index contributed by atoms with van der Waals surface area (Å²) in [4.78, 5) is 15.3. The molecule has 3 aromatic rings. The van der Waals surface area contributed by atoms with Crippen LogP contribution in [0.3, 0.4) is 0 Å². The molecule has 4 rings (SSSR count). The number of amides is 1. The highest BCUT2D eigenvalue weighted by Crippen LogP contribution is 2.35. The van der Waals surface area contributed by atoms with Gasteiger partial charge in [0.15, 0.2) is 0 Å². The van der Waals surface area contributed by atoms with Crippen LogP contribution in [0.15, 0.2) is 70.0 Å². The van der Waals surface area contributed by atoms with Crippen molar-refractivity contribution in [3.05, 3.63) is 91.9 Å². The summed E-state index contributed by atoms with van der Waals surface area (Å²) >= 11 is 15.8. The minimum absolute atomic E-state index is 0.0621. The monoisotopic (exact) mass is 580 g/mol. The Bertz CT molecular complexity index is 1350. The number of anilines is 1. The number of halogens is 3. The van der Waals surface area contributed by atoms with Crippen molar-refractivity contribution in [1.82, 2.24) is 4.31 Å². The van der Waals surface area contributed by atoms with Gasteiger partial charge < -0.3 is 4.90 Å². The molecule has 0 fully saturated rings. The van der Waals surface area contributed by atoms with E-state index in [9.17, 15) is 13.2 Å². The van der Waals surface area contributed by atoms with Gasteiger partial charge in [0.2, 0.25) is 15.9 Å². The maximum Gasteiger partial charge on any atom is 0.243 e. The van der Waals surface area contributed by atoms with E-state index >= 15 is 0 Å². The molecule has 0 saturated heterocycles. The fraction of sp³-hybridized carbons (Fsp3) is 0.240. The van der Waals surface area contributed by atoms with E-state index < -0.39 is 10.0 Å². The van der Waals surface area contributed by atoms with E-state index in [0.29, 0.717) is 22.0 Å². The molecule has 9 heteroatoms. The van der Waals surface area contributed by atoms with Gasteiger partial charge in [0.25, 0.3) is 0 Å². The van der Waals surface area contributed by atoms with Crippen LogP contribution in [-0.4, -0.2) is 31.2 Å². The number of carbonyl (C=O) groups excluding carboxylic acids is 1. The van der Waals surface area contributed by atoms with Crippen molar-refractivity contribution in [1.29, 1.82) is 0 Å². The van der Waals surface area contributed by atoms with Crippen molar-refractivity contribution in [2.75, 3.05) is 11.4 Å². The lowest BCUT2D eigenvalue weighted by molar-refractivity contribution is -0.119. The van der Waals surface area contributed by atoms with Gasteiger partial charge in [-0.15, -0.1) is 0 Å². The summed E-state index contributed by atoms with van der Waals surface area (Å²) in [7, 11) is -3.98. The molecule has 1 aliphatic rings. The summed E-state index contributed by atoms with van der Waals surface area (Å²) < 4.78 is 29.4. The van der Waals surface area contributed by atoms with E-state index in [2.05, 4.69) is 15.9 Å². The zero-order valence-electron chi connectivity index (χ0n) is 18.6. The number of hydrogen-bond donors (Lipinski definition) is 0. The summed E-state index contributed by atoms with van der Waals surface area (Å²) in [6, 6.07) is 17.1. The van der Waals surface area contributed by atoms with E-state index in [1.807, 2.05) is 32.0 Å². The van der Waals surface area contributed by atoms with Crippen LogP contribution in [0.4, 0.5) is 5.69 Å². The molecular formula is C25H23BrCl2N2O3S. The predicted octanol–water partition coefficient (Wildman–Crippen LogP) is 6.23. The van der Waals surface area contributed by atoms with Crippen molar-refractivity contribution in [3.63, 3.8) is 0 Å². The predicted molar refractivity (Wildman–Crippen MR) is 140 cm³/mol. The Kier molecular flexibility index (Phi) is 7.41. The van der Waals surface area contributed by atoms with Crippen LogP contribution in [0, 0.1) is 6.92 Å². The first kappa shape index (κ1) is 25.2. The smallest absolute Gasteiger partial charge is 0.243 e. The lowest BCUT2D eigenvalue weighted by Crippen LogP contribution is -2.44. The Morgan fingerprint density at radius 2 is 1.79 bits per heavy atom. The Labute approximate surface area is 218 Å². The summed E-state index contributed by atoms with van der Waals surface area (Å²) in [5.74, 6) is -0.297. The number of rotatable bonds is 6. The molecule has 1 amide bonds. The topological polar surface area (TPSA) is 57.7 Å². The van der Waals surface area contributed by atoms with Crippen molar-refractivity contribution in [2.24, 2.45) is 0 Å². The van der Waals surface area contributed by atoms with E-state index in [1.165, 1.54) is 4.31 Å². The molecule has 1 atom stereocenters. The molecule has 178 valence electrons. The van der Waals surface area contributed by atoms with Crippen LogP contribution in [-0.2, 0) is 27.8 Å². The van der Waals surface area contributed by atoms with Crippen LogP contribution in [0.2, 0.25) is 10.0 Å². The molecule has 0 saturated carbocycles. The number of hydrogen-bond acceptors (Lipinski definition) is 3. The van der Waals surface area contributed by atoms with E-state index in [-0.39, 0.29) is 29.9 Å². The van der Waals surface area contributed by atoms with Crippen LogP contribution in [0.1, 0.15) is 23.6 Å². The zero-order valence-corrected chi connectivity index (χ0v) is 22.5. The van der Waals surface area contributed by atoms with Crippen molar-refractivity contribution in [2.45, 2.75) is 37.8 Å². The van der Waals surface area contributed by atoms with Gasteiger partial charge in [-0.2, -0.15) is 4.31 Å². The minimum Gasteiger partial charge on any atom is -0.308 e. The number of fused-ring (bicyclic) bond motifs is 1. The van der Waals surface area contributed by atoms with Gasteiger partial charge >= 0.3 is 0 Å². The second kappa shape index (κ2) is 9.99. The number of sulfonamides is 1. The molecule has 3 aromatic carbocycles. The third-order valence-electron chi connectivity index (χ3n) is 5.86. The van der Waals surface area contributed by atoms with E-state index in [1.54, 1.807) is 47.4 Å². The molecule has 1 heterocycles. The highest BCUT2D eigenvalue weighted by Gasteiger charge is 2.35.